The van der Waals surface area contributed by atoms with Crippen molar-refractivity contribution in [1.29, 1.82) is 0 Å². The van der Waals surface area contributed by atoms with Crippen LogP contribution in [0.15, 0.2) is 42.7 Å². The molecule has 10 heteroatoms. The molecule has 9 nitrogen and oxygen atoms in total. The Kier molecular flexibility index (Phi) is 8.24. The zero-order valence-corrected chi connectivity index (χ0v) is 25.2. The summed E-state index contributed by atoms with van der Waals surface area (Å²) < 4.78 is 30.7. The van der Waals surface area contributed by atoms with Crippen LogP contribution in [0.3, 0.4) is 0 Å². The fraction of sp³-hybridized carbons (Fsp3) is 0.531. The Morgan fingerprint density at radius 1 is 1.07 bits per heavy atom. The lowest BCUT2D eigenvalue weighted by atomic mass is 9.81. The fourth-order valence-electron chi connectivity index (χ4n) is 6.71. The van der Waals surface area contributed by atoms with E-state index in [9.17, 15) is 13.2 Å². The van der Waals surface area contributed by atoms with Crippen LogP contribution in [-0.4, -0.2) is 89.5 Å². The molecule has 2 aliphatic heterocycles. The molecule has 42 heavy (non-hydrogen) atoms. The van der Waals surface area contributed by atoms with E-state index in [0.717, 1.165) is 49.7 Å². The maximum atomic E-state index is 13.2. The number of likely N-dealkylation sites (N-methyl/N-ethyl adjacent to an activating group) is 1. The van der Waals surface area contributed by atoms with Gasteiger partial charge in [-0.3, -0.25) is 9.69 Å². The number of carbonyl (C=O) groups excluding carboxylic acids is 1. The smallest absolute Gasteiger partial charge is 0.225 e. The third-order valence-electron chi connectivity index (χ3n) is 9.12. The molecule has 3 fully saturated rings. The van der Waals surface area contributed by atoms with Gasteiger partial charge in [0.05, 0.1) is 17.9 Å². The summed E-state index contributed by atoms with van der Waals surface area (Å²) in [4.78, 5) is 27.0. The predicted octanol–water partition coefficient (Wildman–Crippen LogP) is 3.94. The van der Waals surface area contributed by atoms with Crippen LogP contribution in [0.5, 0.6) is 5.75 Å². The minimum Gasteiger partial charge on any atom is -0.493 e. The van der Waals surface area contributed by atoms with Crippen molar-refractivity contribution in [2.45, 2.75) is 57.0 Å². The van der Waals surface area contributed by atoms with E-state index in [-0.39, 0.29) is 19.0 Å². The molecule has 0 spiro atoms. The number of aromatic nitrogens is 3. The molecule has 3 aromatic rings. The van der Waals surface area contributed by atoms with E-state index in [1.807, 2.05) is 41.1 Å². The Labute approximate surface area is 249 Å². The van der Waals surface area contributed by atoms with Gasteiger partial charge in [0.15, 0.2) is 0 Å². The van der Waals surface area contributed by atoms with Gasteiger partial charge in [-0.05, 0) is 82.2 Å². The number of amides is 1. The van der Waals surface area contributed by atoms with Crippen molar-refractivity contribution >= 4 is 26.6 Å². The van der Waals surface area contributed by atoms with Gasteiger partial charge in [-0.2, -0.15) is 0 Å². The number of hydrogen-bond donors (Lipinski definition) is 0. The Morgan fingerprint density at radius 3 is 2.57 bits per heavy atom. The van der Waals surface area contributed by atoms with Gasteiger partial charge in [-0.1, -0.05) is 12.0 Å². The van der Waals surface area contributed by atoms with Gasteiger partial charge in [0.2, 0.25) is 11.7 Å². The summed E-state index contributed by atoms with van der Waals surface area (Å²) in [6.45, 7) is 2.10. The summed E-state index contributed by atoms with van der Waals surface area (Å²) in [6, 6.07) is 10.7. The van der Waals surface area contributed by atoms with Crippen molar-refractivity contribution in [3.63, 3.8) is 0 Å². The van der Waals surface area contributed by atoms with Crippen LogP contribution >= 0.6 is 0 Å². The summed E-state index contributed by atoms with van der Waals surface area (Å²) >= 11 is 0. The molecule has 1 amide bonds. The van der Waals surface area contributed by atoms with Crippen molar-refractivity contribution < 1.29 is 19.4 Å². The summed E-state index contributed by atoms with van der Waals surface area (Å²) in [5.41, 5.74) is 0.935. The third kappa shape index (κ3) is 6.32. The molecule has 1 saturated carbocycles. The molecule has 1 aliphatic carbocycles. The van der Waals surface area contributed by atoms with Crippen molar-refractivity contribution in [3.8, 4) is 23.4 Å². The molecule has 224 valence electrons. The molecular formula is C32H41N5O4S. The first-order chi connectivity index (χ1) is 20.2. The van der Waals surface area contributed by atoms with Crippen LogP contribution in [-0.2, 0) is 14.6 Å². The Morgan fingerprint density at radius 2 is 1.83 bits per heavy atom. The van der Waals surface area contributed by atoms with Gasteiger partial charge in [0, 0.05) is 62.5 Å². The monoisotopic (exact) mass is 591 g/mol. The third-order valence-corrected chi connectivity index (χ3v) is 10.2. The largest absolute Gasteiger partial charge is 0.493 e. The first-order valence-corrected chi connectivity index (χ1v) is 17.1. The second kappa shape index (κ2) is 12.1. The van der Waals surface area contributed by atoms with Gasteiger partial charge >= 0.3 is 0 Å². The number of fused-ring (bicyclic) bond motifs is 3. The van der Waals surface area contributed by atoms with Gasteiger partial charge in [0.25, 0.3) is 0 Å². The lowest BCUT2D eigenvalue weighted by Gasteiger charge is -2.41. The van der Waals surface area contributed by atoms with E-state index < -0.39 is 9.84 Å². The van der Waals surface area contributed by atoms with Gasteiger partial charge < -0.3 is 14.2 Å². The summed E-state index contributed by atoms with van der Waals surface area (Å²) in [5, 5.41) is 0.929. The van der Waals surface area contributed by atoms with E-state index in [1.54, 1.807) is 6.20 Å². The highest BCUT2D eigenvalue weighted by molar-refractivity contribution is 7.90. The van der Waals surface area contributed by atoms with E-state index in [0.29, 0.717) is 48.4 Å². The van der Waals surface area contributed by atoms with Crippen molar-refractivity contribution in [2.75, 3.05) is 38.8 Å². The number of ether oxygens (including phenoxy) is 1. The van der Waals surface area contributed by atoms with Crippen LogP contribution in [0.4, 0.5) is 0 Å². The number of rotatable bonds is 7. The number of hydrogen-bond acceptors (Lipinski definition) is 7. The zero-order valence-electron chi connectivity index (χ0n) is 24.4. The number of piperazine rings is 1. The number of likely N-dealkylation sites (tertiary alicyclic amines) is 1. The highest BCUT2D eigenvalue weighted by Crippen LogP contribution is 2.34. The highest BCUT2D eigenvalue weighted by atomic mass is 32.2. The predicted molar refractivity (Wildman–Crippen MR) is 164 cm³/mol. The van der Waals surface area contributed by atoms with Crippen LogP contribution in [0.1, 0.15) is 52.2 Å². The minimum atomic E-state index is -3.01. The van der Waals surface area contributed by atoms with Crippen LogP contribution in [0.2, 0.25) is 0 Å². The maximum absolute atomic E-state index is 13.2. The first kappa shape index (κ1) is 28.7. The molecule has 1 aromatic carbocycles. The average molecular weight is 592 g/mol. The molecule has 2 aromatic heterocycles. The number of sulfone groups is 1. The Hall–Kier alpha value is -3.42. The van der Waals surface area contributed by atoms with Gasteiger partial charge in [-0.25, -0.2) is 18.4 Å². The van der Waals surface area contributed by atoms with Crippen LogP contribution in [0, 0.1) is 23.7 Å². The van der Waals surface area contributed by atoms with E-state index in [4.69, 9.17) is 9.72 Å². The number of nitrogens with zero attached hydrogens (tertiary/aromatic N) is 5. The summed E-state index contributed by atoms with van der Waals surface area (Å²) in [6.07, 6.45) is 11.4. The van der Waals surface area contributed by atoms with E-state index in [2.05, 4.69) is 33.7 Å². The Bertz CT molecular complexity index is 1610. The average Bonchev–Trinajstić information content (AvgIpc) is 3.49. The summed E-state index contributed by atoms with van der Waals surface area (Å²) in [7, 11) is -0.806. The van der Waals surface area contributed by atoms with Crippen LogP contribution in [0.25, 0.3) is 16.7 Å². The van der Waals surface area contributed by atoms with Gasteiger partial charge in [-0.15, -0.1) is 0 Å². The number of benzene rings is 1. The molecule has 4 heterocycles. The molecule has 2 saturated heterocycles. The quantitative estimate of drug-likeness (QED) is 0.303. The molecule has 2 atom stereocenters. The minimum absolute atomic E-state index is 0. The Balaban J connectivity index is 0.00000368. The maximum Gasteiger partial charge on any atom is 0.225 e. The lowest BCUT2D eigenvalue weighted by molar-refractivity contribution is -0.139. The molecule has 2 bridgehead atoms. The molecular weight excluding hydrogens is 550 g/mol. The van der Waals surface area contributed by atoms with Crippen molar-refractivity contribution in [2.24, 2.45) is 11.8 Å². The zero-order chi connectivity index (χ0) is 29.3. The number of carbonyl (C=O) groups is 1. The van der Waals surface area contributed by atoms with Crippen molar-refractivity contribution in [1.82, 2.24) is 24.3 Å². The fourth-order valence-corrected chi connectivity index (χ4v) is 7.36. The normalized spacial score (nSPS) is 24.4. The topological polar surface area (TPSA) is 97.6 Å². The van der Waals surface area contributed by atoms with Crippen molar-refractivity contribution in [3.05, 3.63) is 48.5 Å². The molecule has 6 rings (SSSR count). The molecule has 3 aliphatic rings. The molecule has 2 unspecified atom stereocenters. The van der Waals surface area contributed by atoms with Crippen LogP contribution < -0.4 is 4.74 Å². The van der Waals surface area contributed by atoms with E-state index >= 15 is 0 Å². The van der Waals surface area contributed by atoms with E-state index in [1.165, 1.54) is 19.1 Å². The van der Waals surface area contributed by atoms with Gasteiger partial charge in [0.1, 0.15) is 21.4 Å². The lowest BCUT2D eigenvalue weighted by Crippen LogP contribution is -2.55. The summed E-state index contributed by atoms with van der Waals surface area (Å²) in [5.74, 6) is 9.32. The first-order valence-electron chi connectivity index (χ1n) is 15.0. The second-order valence-electron chi connectivity index (χ2n) is 12.1. The molecule has 0 radical (unpaired) electrons. The SMILES string of the molecule is CN1C2CCC1CN(C(=O)C1CCC(C#Cc3nccc(-n4ccc5c(OCCCS(C)(=O)=O)cccc54)n3)CC1)C2.[HH]. The standard InChI is InChI=1S/C32H39N5O4S.H2/c1-35-25-12-13-26(35)22-36(21-25)32(38)24-10-7-23(8-11-24)9-14-30-33-17-15-31(34-30)37-18-16-27-28(37)5-3-6-29(27)41-19-4-20-42(2,39)40;/h3,5-6,15-18,23-26H,4,7-8,10-13,19-22H2,1-2H3;1H. The second-order valence-corrected chi connectivity index (χ2v) is 14.3. The molecule has 0 N–H and O–H groups in total. The highest BCUT2D eigenvalue weighted by Gasteiger charge is 2.40.